The summed E-state index contributed by atoms with van der Waals surface area (Å²) >= 11 is 11.7. The fourth-order valence-corrected chi connectivity index (χ4v) is 3.35. The molecule has 0 spiro atoms. The van der Waals surface area contributed by atoms with Gasteiger partial charge in [0.15, 0.2) is 9.84 Å². The number of halogens is 2. The molecule has 102 valence electrons. The van der Waals surface area contributed by atoms with E-state index in [0.717, 1.165) is 5.41 Å². The summed E-state index contributed by atoms with van der Waals surface area (Å²) in [6.07, 6.45) is 1.41. The number of benzene rings is 1. The number of carbonyl (C=O) groups excluding carboxylic acids is 1. The Hall–Kier alpha value is -1.24. The molecule has 2 rings (SSSR count). The van der Waals surface area contributed by atoms with Crippen molar-refractivity contribution in [2.75, 3.05) is 11.5 Å². The highest BCUT2D eigenvalue weighted by atomic mass is 35.5. The summed E-state index contributed by atoms with van der Waals surface area (Å²) in [6, 6.07) is 2.24. The van der Waals surface area contributed by atoms with Gasteiger partial charge in [-0.3, -0.25) is 4.79 Å². The second-order valence-corrected chi connectivity index (χ2v) is 6.82. The predicted octanol–water partition coefficient (Wildman–Crippen LogP) is 1.62. The van der Waals surface area contributed by atoms with Crippen molar-refractivity contribution in [3.05, 3.63) is 39.2 Å². The van der Waals surface area contributed by atoms with Crippen molar-refractivity contribution in [3.8, 4) is 0 Å². The molecule has 0 fully saturated rings. The average molecular weight is 321 g/mol. The van der Waals surface area contributed by atoms with E-state index in [1.807, 2.05) is 0 Å². The molecular weight excluding hydrogens is 311 g/mol. The van der Waals surface area contributed by atoms with Crippen molar-refractivity contribution in [2.45, 2.75) is 6.04 Å². The first-order chi connectivity index (χ1) is 8.78. The second kappa shape index (κ2) is 5.03. The molecule has 1 amide bonds. The van der Waals surface area contributed by atoms with Crippen LogP contribution < -0.4 is 11.1 Å². The van der Waals surface area contributed by atoms with Gasteiger partial charge in [-0.2, -0.15) is 0 Å². The molecule has 19 heavy (non-hydrogen) atoms. The molecule has 1 aliphatic heterocycles. The van der Waals surface area contributed by atoms with Crippen LogP contribution in [-0.4, -0.2) is 26.1 Å². The maximum atomic E-state index is 12.0. The fourth-order valence-electron chi connectivity index (χ4n) is 1.69. The Bertz CT molecular complexity index is 671. The smallest absolute Gasteiger partial charge is 0.253 e. The molecule has 1 aromatic carbocycles. The van der Waals surface area contributed by atoms with E-state index in [4.69, 9.17) is 28.9 Å². The number of amides is 1. The van der Waals surface area contributed by atoms with Gasteiger partial charge in [0, 0.05) is 11.1 Å². The van der Waals surface area contributed by atoms with Crippen LogP contribution in [0.1, 0.15) is 10.4 Å². The van der Waals surface area contributed by atoms with Gasteiger partial charge >= 0.3 is 0 Å². The number of rotatable bonds is 2. The van der Waals surface area contributed by atoms with Crippen molar-refractivity contribution in [1.29, 1.82) is 0 Å². The van der Waals surface area contributed by atoms with Crippen LogP contribution in [0, 0.1) is 0 Å². The van der Waals surface area contributed by atoms with E-state index in [1.54, 1.807) is 0 Å². The zero-order valence-electron chi connectivity index (χ0n) is 9.56. The van der Waals surface area contributed by atoms with E-state index >= 15 is 0 Å². The lowest BCUT2D eigenvalue weighted by Gasteiger charge is -2.12. The molecule has 8 heteroatoms. The number of hydrogen-bond acceptors (Lipinski definition) is 4. The van der Waals surface area contributed by atoms with E-state index in [2.05, 4.69) is 5.32 Å². The molecule has 0 saturated heterocycles. The Balaban J connectivity index is 2.20. The topological polar surface area (TPSA) is 89.3 Å². The third kappa shape index (κ3) is 3.20. The predicted molar refractivity (Wildman–Crippen MR) is 75.1 cm³/mol. The van der Waals surface area contributed by atoms with Crippen LogP contribution >= 0.6 is 23.2 Å². The van der Waals surface area contributed by atoms with Crippen LogP contribution in [-0.2, 0) is 9.84 Å². The maximum absolute atomic E-state index is 12.0. The quantitative estimate of drug-likeness (QED) is 0.810. The third-order valence-electron chi connectivity index (χ3n) is 2.54. The molecule has 5 nitrogen and oxygen atoms in total. The van der Waals surface area contributed by atoms with Crippen molar-refractivity contribution < 1.29 is 13.2 Å². The van der Waals surface area contributed by atoms with Gasteiger partial charge in [-0.1, -0.05) is 23.2 Å². The van der Waals surface area contributed by atoms with E-state index in [1.165, 1.54) is 18.2 Å². The molecule has 0 radical (unpaired) electrons. The van der Waals surface area contributed by atoms with Crippen LogP contribution in [0.25, 0.3) is 0 Å². The van der Waals surface area contributed by atoms with Crippen LogP contribution in [0.4, 0.5) is 5.69 Å². The van der Waals surface area contributed by atoms with Gasteiger partial charge in [0.2, 0.25) is 0 Å². The maximum Gasteiger partial charge on any atom is 0.253 e. The summed E-state index contributed by atoms with van der Waals surface area (Å²) in [7, 11) is -3.23. The van der Waals surface area contributed by atoms with Crippen LogP contribution in [0.3, 0.4) is 0 Å². The number of hydrogen-bond donors (Lipinski definition) is 2. The standard InChI is InChI=1S/C11H10Cl2N2O3S/c12-9-4-6(14)3-8(10(9)13)11(16)15-7-1-2-19(17,18)5-7/h1-4,7H,5,14H2,(H,15,16). The molecule has 1 unspecified atom stereocenters. The largest absolute Gasteiger partial charge is 0.399 e. The number of nitrogens with one attached hydrogen (secondary N) is 1. The Morgan fingerprint density at radius 2 is 2.05 bits per heavy atom. The first-order valence-corrected chi connectivity index (χ1v) is 7.72. The SMILES string of the molecule is Nc1cc(Cl)c(Cl)c(C(=O)NC2C=CS(=O)(=O)C2)c1. The molecule has 1 atom stereocenters. The van der Waals surface area contributed by atoms with E-state index in [-0.39, 0.29) is 21.4 Å². The molecule has 3 N–H and O–H groups in total. The molecule has 0 aromatic heterocycles. The minimum Gasteiger partial charge on any atom is -0.399 e. The van der Waals surface area contributed by atoms with Gasteiger partial charge < -0.3 is 11.1 Å². The van der Waals surface area contributed by atoms with Gasteiger partial charge in [0.25, 0.3) is 5.91 Å². The van der Waals surface area contributed by atoms with E-state index < -0.39 is 21.8 Å². The summed E-state index contributed by atoms with van der Waals surface area (Å²) in [5, 5.41) is 3.87. The van der Waals surface area contributed by atoms with Gasteiger partial charge in [0.05, 0.1) is 27.4 Å². The molecule has 0 bridgehead atoms. The first-order valence-electron chi connectivity index (χ1n) is 5.25. The summed E-state index contributed by atoms with van der Waals surface area (Å²) in [6.45, 7) is 0. The Labute approximate surface area is 120 Å². The highest BCUT2D eigenvalue weighted by molar-refractivity contribution is 7.94. The normalized spacial score (nSPS) is 20.4. The van der Waals surface area contributed by atoms with Gasteiger partial charge in [0.1, 0.15) is 0 Å². The fraction of sp³-hybridized carbons (Fsp3) is 0.182. The van der Waals surface area contributed by atoms with Crippen LogP contribution in [0.5, 0.6) is 0 Å². The number of nitrogens with two attached hydrogens (primary N) is 1. The highest BCUT2D eigenvalue weighted by Crippen LogP contribution is 2.28. The summed E-state index contributed by atoms with van der Waals surface area (Å²) in [5.41, 5.74) is 6.00. The number of carbonyl (C=O) groups is 1. The number of nitrogen functional groups attached to an aromatic ring is 1. The summed E-state index contributed by atoms with van der Waals surface area (Å²) in [4.78, 5) is 12.0. The average Bonchev–Trinajstić information content (AvgIpc) is 2.63. The monoisotopic (exact) mass is 320 g/mol. The second-order valence-electron chi connectivity index (χ2n) is 4.10. The van der Waals surface area contributed by atoms with Gasteiger partial charge in [-0.25, -0.2) is 8.42 Å². The summed E-state index contributed by atoms with van der Waals surface area (Å²) in [5.74, 6) is -0.683. The lowest BCUT2D eigenvalue weighted by atomic mass is 10.1. The minimum absolute atomic E-state index is 0.0817. The third-order valence-corrected chi connectivity index (χ3v) is 4.74. The van der Waals surface area contributed by atoms with E-state index in [0.29, 0.717) is 5.69 Å². The Kier molecular flexibility index (Phi) is 3.75. The lowest BCUT2D eigenvalue weighted by molar-refractivity contribution is 0.0948. The number of sulfone groups is 1. The number of anilines is 1. The van der Waals surface area contributed by atoms with Crippen LogP contribution in [0.2, 0.25) is 10.0 Å². The first kappa shape index (κ1) is 14.2. The zero-order chi connectivity index (χ0) is 14.2. The van der Waals surface area contributed by atoms with Crippen molar-refractivity contribution >= 4 is 44.6 Å². The van der Waals surface area contributed by atoms with Crippen LogP contribution in [0.15, 0.2) is 23.6 Å². The lowest BCUT2D eigenvalue weighted by Crippen LogP contribution is -2.35. The molecule has 1 aromatic rings. The molecule has 1 heterocycles. The minimum atomic E-state index is -3.23. The molecular formula is C11H10Cl2N2O3S. The Morgan fingerprint density at radius 1 is 1.37 bits per heavy atom. The molecule has 0 aliphatic carbocycles. The van der Waals surface area contributed by atoms with E-state index in [9.17, 15) is 13.2 Å². The van der Waals surface area contributed by atoms with Crippen molar-refractivity contribution in [3.63, 3.8) is 0 Å². The molecule has 0 saturated carbocycles. The van der Waals surface area contributed by atoms with Gasteiger partial charge in [-0.05, 0) is 18.2 Å². The van der Waals surface area contributed by atoms with Crippen molar-refractivity contribution in [2.24, 2.45) is 0 Å². The Morgan fingerprint density at radius 3 is 2.63 bits per heavy atom. The highest BCUT2D eigenvalue weighted by Gasteiger charge is 2.24. The van der Waals surface area contributed by atoms with Crippen molar-refractivity contribution in [1.82, 2.24) is 5.32 Å². The zero-order valence-corrected chi connectivity index (χ0v) is 11.9. The van der Waals surface area contributed by atoms with Gasteiger partial charge in [-0.15, -0.1) is 0 Å². The summed E-state index contributed by atoms with van der Waals surface area (Å²) < 4.78 is 22.5. The molecule has 1 aliphatic rings.